The van der Waals surface area contributed by atoms with Crippen molar-refractivity contribution < 1.29 is 9.63 Å². The molecule has 8 nitrogen and oxygen atoms in total. The topological polar surface area (TPSA) is 83.0 Å². The Morgan fingerprint density at radius 3 is 2.71 bits per heavy atom. The van der Waals surface area contributed by atoms with Gasteiger partial charge in [-0.25, -0.2) is 9.97 Å². The van der Waals surface area contributed by atoms with Crippen LogP contribution in [0.2, 0.25) is 0 Å². The van der Waals surface area contributed by atoms with Crippen LogP contribution in [0.1, 0.15) is 19.8 Å². The lowest BCUT2D eigenvalue weighted by Crippen LogP contribution is -2.49. The molecular weight excluding hydrogens is 308 g/mol. The number of anilines is 1. The number of amides is 1. The van der Waals surface area contributed by atoms with E-state index in [4.69, 9.17) is 4.84 Å². The van der Waals surface area contributed by atoms with Gasteiger partial charge in [0.15, 0.2) is 0 Å². The van der Waals surface area contributed by atoms with E-state index in [-0.39, 0.29) is 5.91 Å². The number of oxime groups is 1. The lowest BCUT2D eigenvalue weighted by Gasteiger charge is -2.34. The molecule has 0 spiro atoms. The molecule has 2 aliphatic rings. The van der Waals surface area contributed by atoms with Crippen LogP contribution < -0.4 is 10.2 Å². The summed E-state index contributed by atoms with van der Waals surface area (Å²) in [6.45, 7) is 7.16. The number of rotatable bonds is 6. The summed E-state index contributed by atoms with van der Waals surface area (Å²) in [7, 11) is 0. The zero-order valence-electron chi connectivity index (χ0n) is 14.0. The molecule has 130 valence electrons. The molecular formula is C16H24N6O2. The molecule has 1 aromatic heterocycles. The van der Waals surface area contributed by atoms with Gasteiger partial charge in [-0.05, 0) is 12.5 Å². The molecule has 1 atom stereocenters. The first-order valence-corrected chi connectivity index (χ1v) is 8.50. The zero-order chi connectivity index (χ0) is 16.8. The van der Waals surface area contributed by atoms with Crippen molar-refractivity contribution in [1.82, 2.24) is 20.2 Å². The van der Waals surface area contributed by atoms with Crippen molar-refractivity contribution in [3.8, 4) is 0 Å². The maximum absolute atomic E-state index is 12.0. The first kappa shape index (κ1) is 16.6. The Kier molecular flexibility index (Phi) is 5.58. The fourth-order valence-corrected chi connectivity index (χ4v) is 2.85. The highest BCUT2D eigenvalue weighted by Gasteiger charge is 2.27. The zero-order valence-corrected chi connectivity index (χ0v) is 14.0. The Balaban J connectivity index is 1.33. The van der Waals surface area contributed by atoms with E-state index in [1.807, 2.05) is 13.0 Å². The van der Waals surface area contributed by atoms with Crippen LogP contribution >= 0.6 is 0 Å². The average molecular weight is 332 g/mol. The van der Waals surface area contributed by atoms with Crippen molar-refractivity contribution in [3.63, 3.8) is 0 Å². The lowest BCUT2D eigenvalue weighted by atomic mass is 10.1. The van der Waals surface area contributed by atoms with E-state index in [1.54, 1.807) is 12.4 Å². The molecule has 0 aliphatic carbocycles. The van der Waals surface area contributed by atoms with Crippen molar-refractivity contribution in [1.29, 1.82) is 0 Å². The number of aromatic nitrogens is 2. The van der Waals surface area contributed by atoms with Crippen LogP contribution in [0, 0.1) is 0 Å². The number of carbonyl (C=O) groups excluding carboxylic acids is 1. The van der Waals surface area contributed by atoms with Crippen LogP contribution in [0.15, 0.2) is 23.6 Å². The predicted molar refractivity (Wildman–Crippen MR) is 90.9 cm³/mol. The third-order valence-corrected chi connectivity index (χ3v) is 4.37. The van der Waals surface area contributed by atoms with Crippen LogP contribution in [0.4, 0.5) is 5.95 Å². The van der Waals surface area contributed by atoms with Gasteiger partial charge in [0.25, 0.3) is 5.91 Å². The van der Waals surface area contributed by atoms with Gasteiger partial charge in [-0.2, -0.15) is 0 Å². The maximum Gasteiger partial charge on any atom is 0.264 e. The number of nitrogens with one attached hydrogen (secondary N) is 1. The maximum atomic E-state index is 12.0. The minimum Gasteiger partial charge on any atom is -0.382 e. The second kappa shape index (κ2) is 8.05. The van der Waals surface area contributed by atoms with Gasteiger partial charge in [0.1, 0.15) is 0 Å². The number of piperazine rings is 1. The number of hydrogen-bond acceptors (Lipinski definition) is 7. The summed E-state index contributed by atoms with van der Waals surface area (Å²) in [5.41, 5.74) is 0.953. The second-order valence-corrected chi connectivity index (χ2v) is 5.98. The SMILES string of the molecule is CCC1=NO[C@H](C(=O)NCCN2CCN(c3ncccn3)CC2)C1. The molecule has 1 aromatic rings. The molecule has 0 aromatic carbocycles. The van der Waals surface area contributed by atoms with Crippen LogP contribution in [0.5, 0.6) is 0 Å². The van der Waals surface area contributed by atoms with E-state index in [0.717, 1.165) is 50.8 Å². The fourth-order valence-electron chi connectivity index (χ4n) is 2.85. The number of carbonyl (C=O) groups is 1. The number of hydrogen-bond donors (Lipinski definition) is 1. The van der Waals surface area contributed by atoms with Crippen molar-refractivity contribution in [3.05, 3.63) is 18.5 Å². The van der Waals surface area contributed by atoms with Crippen molar-refractivity contribution in [2.24, 2.45) is 5.16 Å². The summed E-state index contributed by atoms with van der Waals surface area (Å²) >= 11 is 0. The van der Waals surface area contributed by atoms with E-state index in [9.17, 15) is 4.79 Å². The van der Waals surface area contributed by atoms with E-state index in [1.165, 1.54) is 0 Å². The third kappa shape index (κ3) is 4.19. The van der Waals surface area contributed by atoms with Crippen molar-refractivity contribution >= 4 is 17.6 Å². The smallest absolute Gasteiger partial charge is 0.264 e. The Hall–Kier alpha value is -2.22. The second-order valence-electron chi connectivity index (χ2n) is 5.98. The van der Waals surface area contributed by atoms with E-state index in [0.29, 0.717) is 13.0 Å². The van der Waals surface area contributed by atoms with E-state index >= 15 is 0 Å². The molecule has 0 radical (unpaired) electrons. The van der Waals surface area contributed by atoms with Gasteiger partial charge in [-0.1, -0.05) is 12.1 Å². The first-order chi connectivity index (χ1) is 11.8. The molecule has 1 fully saturated rings. The van der Waals surface area contributed by atoms with Gasteiger partial charge in [-0.3, -0.25) is 9.69 Å². The Bertz CT molecular complexity index is 571. The predicted octanol–water partition coefficient (Wildman–Crippen LogP) is 0.270. The first-order valence-electron chi connectivity index (χ1n) is 8.50. The Morgan fingerprint density at radius 1 is 1.29 bits per heavy atom. The summed E-state index contributed by atoms with van der Waals surface area (Å²) in [5.74, 6) is 0.717. The van der Waals surface area contributed by atoms with Crippen LogP contribution in [0.3, 0.4) is 0 Å². The lowest BCUT2D eigenvalue weighted by molar-refractivity contribution is -0.131. The van der Waals surface area contributed by atoms with Crippen molar-refractivity contribution in [2.45, 2.75) is 25.9 Å². The molecule has 2 aliphatic heterocycles. The minimum absolute atomic E-state index is 0.0708. The third-order valence-electron chi connectivity index (χ3n) is 4.37. The van der Waals surface area contributed by atoms with Crippen LogP contribution in [-0.4, -0.2) is 71.9 Å². The molecule has 0 saturated carbocycles. The van der Waals surface area contributed by atoms with Gasteiger partial charge in [0.2, 0.25) is 12.1 Å². The van der Waals surface area contributed by atoms with Gasteiger partial charge in [0, 0.05) is 58.1 Å². The van der Waals surface area contributed by atoms with Gasteiger partial charge in [-0.15, -0.1) is 0 Å². The summed E-state index contributed by atoms with van der Waals surface area (Å²) in [4.78, 5) is 30.3. The average Bonchev–Trinajstić information content (AvgIpc) is 3.12. The van der Waals surface area contributed by atoms with Gasteiger partial charge >= 0.3 is 0 Å². The molecule has 0 bridgehead atoms. The minimum atomic E-state index is -0.452. The summed E-state index contributed by atoms with van der Waals surface area (Å²) < 4.78 is 0. The Morgan fingerprint density at radius 2 is 2.04 bits per heavy atom. The standard InChI is InChI=1S/C16H24N6O2/c1-2-13-12-14(24-20-13)15(23)17-6-7-21-8-10-22(11-9-21)16-18-4-3-5-19-16/h3-5,14H,2,6-12H2,1H3,(H,17,23)/t14-/m0/s1. The molecule has 1 N–H and O–H groups in total. The molecule has 0 unspecified atom stereocenters. The fraction of sp³-hybridized carbons (Fsp3) is 0.625. The normalized spacial score (nSPS) is 21.3. The molecule has 24 heavy (non-hydrogen) atoms. The highest BCUT2D eigenvalue weighted by atomic mass is 16.6. The van der Waals surface area contributed by atoms with E-state index < -0.39 is 6.10 Å². The van der Waals surface area contributed by atoms with Crippen LogP contribution in [-0.2, 0) is 9.63 Å². The van der Waals surface area contributed by atoms with Gasteiger partial charge in [0.05, 0.1) is 5.71 Å². The summed E-state index contributed by atoms with van der Waals surface area (Å²) in [5, 5.41) is 6.86. The molecule has 8 heteroatoms. The largest absolute Gasteiger partial charge is 0.382 e. The van der Waals surface area contributed by atoms with Crippen molar-refractivity contribution in [2.75, 3.05) is 44.2 Å². The summed E-state index contributed by atoms with van der Waals surface area (Å²) in [6.07, 6.45) is 4.52. The quantitative estimate of drug-likeness (QED) is 0.805. The highest BCUT2D eigenvalue weighted by Crippen LogP contribution is 2.12. The highest BCUT2D eigenvalue weighted by molar-refractivity contribution is 5.92. The van der Waals surface area contributed by atoms with E-state index in [2.05, 4.69) is 30.2 Å². The molecule has 1 amide bonds. The summed E-state index contributed by atoms with van der Waals surface area (Å²) in [6, 6.07) is 1.82. The molecule has 3 rings (SSSR count). The number of nitrogens with zero attached hydrogens (tertiary/aromatic N) is 5. The monoisotopic (exact) mass is 332 g/mol. The van der Waals surface area contributed by atoms with Crippen LogP contribution in [0.25, 0.3) is 0 Å². The Labute approximate surface area is 141 Å². The van der Waals surface area contributed by atoms with Gasteiger partial charge < -0.3 is 15.1 Å². The molecule has 1 saturated heterocycles. The molecule has 3 heterocycles.